The second kappa shape index (κ2) is 11.9. The molecule has 0 saturated heterocycles. The summed E-state index contributed by atoms with van der Waals surface area (Å²) in [6, 6.07) is 18.4. The van der Waals surface area contributed by atoms with Gasteiger partial charge in [-0.25, -0.2) is 0 Å². The van der Waals surface area contributed by atoms with E-state index in [-0.39, 0.29) is 16.2 Å². The number of hydrogen-bond acceptors (Lipinski definition) is 7. The molecule has 2 heterocycles. The summed E-state index contributed by atoms with van der Waals surface area (Å²) in [6.07, 6.45) is 1.43. The molecule has 2 aromatic carbocycles. The predicted octanol–water partition coefficient (Wildman–Crippen LogP) is 5.58. The van der Waals surface area contributed by atoms with Crippen LogP contribution < -0.4 is 14.8 Å². The Morgan fingerprint density at radius 2 is 1.89 bits per heavy atom. The van der Waals surface area contributed by atoms with Crippen molar-refractivity contribution < 1.29 is 19.1 Å². The third-order valence-electron chi connectivity index (χ3n) is 5.88. The molecule has 3 aromatic rings. The van der Waals surface area contributed by atoms with Gasteiger partial charge in [0.15, 0.2) is 17.7 Å². The number of hydrazone groups is 1. The van der Waals surface area contributed by atoms with Crippen LogP contribution in [0.3, 0.4) is 0 Å². The predicted molar refractivity (Wildman–Crippen MR) is 145 cm³/mol. The van der Waals surface area contributed by atoms with Crippen LogP contribution in [0.1, 0.15) is 53.6 Å². The number of carbonyl (C=O) groups is 2. The Hall–Kier alpha value is -3.85. The standard InChI is InChI=1S/C28H30N4O4S/c1-5-24-25(20-14-15-22(35-4)23(17-20)36-6-2)31-32(28(34)37-24)26(19-12-10-18(3)11-13-19)30-27(33)21-9-7-8-16-29-21/h7-17,24,26H,5-6H2,1-4H3,(H,30,33). The zero-order valence-electron chi connectivity index (χ0n) is 21.3. The second-order valence-electron chi connectivity index (χ2n) is 8.41. The minimum Gasteiger partial charge on any atom is -0.493 e. The van der Waals surface area contributed by atoms with E-state index >= 15 is 0 Å². The van der Waals surface area contributed by atoms with Gasteiger partial charge >= 0.3 is 5.24 Å². The lowest BCUT2D eigenvalue weighted by atomic mass is 10.0. The van der Waals surface area contributed by atoms with Crippen molar-refractivity contribution in [2.75, 3.05) is 13.7 Å². The number of nitrogens with zero attached hydrogens (tertiary/aromatic N) is 3. The highest BCUT2D eigenvalue weighted by atomic mass is 32.2. The number of ether oxygens (including phenoxy) is 2. The smallest absolute Gasteiger partial charge is 0.304 e. The lowest BCUT2D eigenvalue weighted by Gasteiger charge is -2.34. The molecule has 0 bridgehead atoms. The minimum atomic E-state index is -0.826. The normalized spacial score (nSPS) is 16.1. The van der Waals surface area contributed by atoms with E-state index in [2.05, 4.69) is 10.3 Å². The topological polar surface area (TPSA) is 93.1 Å². The summed E-state index contributed by atoms with van der Waals surface area (Å²) in [5, 5.41) is 8.74. The first-order chi connectivity index (χ1) is 17.9. The number of thioether (sulfide) groups is 1. The van der Waals surface area contributed by atoms with E-state index in [0.29, 0.717) is 24.5 Å². The highest BCUT2D eigenvalue weighted by Crippen LogP contribution is 2.36. The van der Waals surface area contributed by atoms with E-state index in [1.807, 2.05) is 63.2 Å². The minimum absolute atomic E-state index is 0.156. The lowest BCUT2D eigenvalue weighted by Crippen LogP contribution is -2.44. The Balaban J connectivity index is 1.78. The molecule has 9 heteroatoms. The van der Waals surface area contributed by atoms with Crippen LogP contribution in [-0.4, -0.2) is 45.8 Å². The van der Waals surface area contributed by atoms with Gasteiger partial charge in [0.2, 0.25) is 0 Å². The Labute approximate surface area is 221 Å². The fraction of sp³-hybridized carbons (Fsp3) is 0.286. The van der Waals surface area contributed by atoms with Gasteiger partial charge in [0.05, 0.1) is 24.7 Å². The number of hydrogen-bond donors (Lipinski definition) is 1. The van der Waals surface area contributed by atoms with Crippen molar-refractivity contribution in [1.29, 1.82) is 0 Å². The van der Waals surface area contributed by atoms with E-state index in [9.17, 15) is 9.59 Å². The first-order valence-corrected chi connectivity index (χ1v) is 13.0. The largest absolute Gasteiger partial charge is 0.493 e. The third-order valence-corrected chi connectivity index (χ3v) is 7.11. The van der Waals surface area contributed by atoms with Crippen molar-refractivity contribution in [1.82, 2.24) is 15.3 Å². The van der Waals surface area contributed by atoms with E-state index in [1.165, 1.54) is 16.8 Å². The Bertz CT molecular complexity index is 1280. The molecule has 2 atom stereocenters. The molecule has 0 saturated carbocycles. The van der Waals surface area contributed by atoms with E-state index < -0.39 is 12.1 Å². The number of methoxy groups -OCH3 is 1. The van der Waals surface area contributed by atoms with Crippen molar-refractivity contribution in [3.05, 3.63) is 89.2 Å². The van der Waals surface area contributed by atoms with Crippen molar-refractivity contribution >= 4 is 28.6 Å². The molecular formula is C28H30N4O4S. The van der Waals surface area contributed by atoms with Gasteiger partial charge in [-0.05, 0) is 56.2 Å². The highest BCUT2D eigenvalue weighted by Gasteiger charge is 2.36. The van der Waals surface area contributed by atoms with Crippen molar-refractivity contribution in [3.8, 4) is 11.5 Å². The van der Waals surface area contributed by atoms with Crippen molar-refractivity contribution in [2.24, 2.45) is 5.10 Å². The van der Waals surface area contributed by atoms with Crippen LogP contribution in [0.15, 0.2) is 72.0 Å². The SMILES string of the molecule is CCOc1cc(C2=NN(C(NC(=O)c3ccccn3)c3ccc(C)cc3)C(=O)SC2CC)ccc1OC. The Morgan fingerprint density at radius 1 is 1.11 bits per heavy atom. The molecular weight excluding hydrogens is 488 g/mol. The summed E-state index contributed by atoms with van der Waals surface area (Å²) in [4.78, 5) is 30.6. The number of nitrogens with one attached hydrogen (secondary N) is 1. The molecule has 4 rings (SSSR count). The molecule has 192 valence electrons. The van der Waals surface area contributed by atoms with Gasteiger partial charge in [0.25, 0.3) is 5.91 Å². The molecule has 8 nitrogen and oxygen atoms in total. The highest BCUT2D eigenvalue weighted by molar-refractivity contribution is 8.14. The fourth-order valence-electron chi connectivity index (χ4n) is 3.97. The van der Waals surface area contributed by atoms with Crippen LogP contribution in [0, 0.1) is 6.92 Å². The number of pyridine rings is 1. The molecule has 0 aliphatic carbocycles. The molecule has 0 spiro atoms. The van der Waals surface area contributed by atoms with Gasteiger partial charge in [0.1, 0.15) is 5.69 Å². The van der Waals surface area contributed by atoms with Crippen LogP contribution >= 0.6 is 11.8 Å². The van der Waals surface area contributed by atoms with Gasteiger partial charge in [-0.15, -0.1) is 0 Å². The molecule has 1 aliphatic heterocycles. The first kappa shape index (κ1) is 26.2. The maximum atomic E-state index is 13.4. The Morgan fingerprint density at radius 3 is 2.54 bits per heavy atom. The van der Waals surface area contributed by atoms with Crippen LogP contribution in [-0.2, 0) is 0 Å². The van der Waals surface area contributed by atoms with Gasteiger partial charge < -0.3 is 14.8 Å². The van der Waals surface area contributed by atoms with Crippen molar-refractivity contribution in [2.45, 2.75) is 38.6 Å². The molecule has 37 heavy (non-hydrogen) atoms. The van der Waals surface area contributed by atoms with Crippen molar-refractivity contribution in [3.63, 3.8) is 0 Å². The van der Waals surface area contributed by atoms with E-state index in [4.69, 9.17) is 14.6 Å². The van der Waals surface area contributed by atoms with Crippen LogP contribution in [0.4, 0.5) is 4.79 Å². The molecule has 0 radical (unpaired) electrons. The number of benzene rings is 2. The molecule has 1 aliphatic rings. The maximum Gasteiger partial charge on any atom is 0.304 e. The van der Waals surface area contributed by atoms with Gasteiger partial charge in [-0.1, -0.05) is 54.6 Å². The number of aryl methyl sites for hydroxylation is 1. The van der Waals surface area contributed by atoms with E-state index in [1.54, 1.807) is 31.5 Å². The molecule has 1 aromatic heterocycles. The lowest BCUT2D eigenvalue weighted by molar-refractivity contribution is 0.0882. The quantitative estimate of drug-likeness (QED) is 0.398. The molecule has 2 unspecified atom stereocenters. The van der Waals surface area contributed by atoms with Gasteiger partial charge in [0, 0.05) is 11.8 Å². The number of rotatable bonds is 9. The number of amides is 2. The Kier molecular flexibility index (Phi) is 8.45. The number of carbonyl (C=O) groups excluding carboxylic acids is 2. The first-order valence-electron chi connectivity index (χ1n) is 12.1. The summed E-state index contributed by atoms with van der Waals surface area (Å²) >= 11 is 1.19. The fourth-order valence-corrected chi connectivity index (χ4v) is 4.93. The molecule has 1 N–H and O–H groups in total. The van der Waals surface area contributed by atoms with E-state index in [0.717, 1.165) is 22.4 Å². The summed E-state index contributed by atoms with van der Waals surface area (Å²) in [5.74, 6) is 0.823. The average molecular weight is 519 g/mol. The number of aromatic nitrogens is 1. The summed E-state index contributed by atoms with van der Waals surface area (Å²) < 4.78 is 11.2. The second-order valence-corrected chi connectivity index (χ2v) is 9.56. The zero-order valence-corrected chi connectivity index (χ0v) is 22.1. The summed E-state index contributed by atoms with van der Waals surface area (Å²) in [7, 11) is 1.59. The molecule has 2 amide bonds. The van der Waals surface area contributed by atoms with Gasteiger partial charge in [-0.2, -0.15) is 10.1 Å². The van der Waals surface area contributed by atoms with Crippen LogP contribution in [0.2, 0.25) is 0 Å². The van der Waals surface area contributed by atoms with Crippen LogP contribution in [0.5, 0.6) is 11.5 Å². The monoisotopic (exact) mass is 518 g/mol. The summed E-state index contributed by atoms with van der Waals surface area (Å²) in [5.41, 5.74) is 3.59. The average Bonchev–Trinajstić information content (AvgIpc) is 2.93. The zero-order chi connectivity index (χ0) is 26.4. The van der Waals surface area contributed by atoms with Crippen LogP contribution in [0.25, 0.3) is 0 Å². The van der Waals surface area contributed by atoms with Gasteiger partial charge in [-0.3, -0.25) is 14.6 Å². The summed E-state index contributed by atoms with van der Waals surface area (Å²) in [6.45, 7) is 6.39. The molecule has 0 fully saturated rings. The third kappa shape index (κ3) is 5.94. The maximum absolute atomic E-state index is 13.4.